The van der Waals surface area contributed by atoms with Crippen molar-refractivity contribution in [2.75, 3.05) is 50.9 Å². The number of aromatic hydroxyl groups is 2. The lowest BCUT2D eigenvalue weighted by molar-refractivity contribution is -0.138. The van der Waals surface area contributed by atoms with Gasteiger partial charge in [0.25, 0.3) is 0 Å². The minimum Gasteiger partial charge on any atom is -0.507 e. The molecule has 0 spiro atoms. The lowest BCUT2D eigenvalue weighted by Gasteiger charge is -2.14. The normalized spacial score (nSPS) is 18.5. The van der Waals surface area contributed by atoms with Gasteiger partial charge in [0.1, 0.15) is 23.1 Å². The molecule has 0 saturated carbocycles. The number of benzene rings is 2. The Hall–Kier alpha value is -4.70. The number of halogens is 6. The van der Waals surface area contributed by atoms with Crippen molar-refractivity contribution < 1.29 is 36.6 Å². The topological polar surface area (TPSA) is 123 Å². The van der Waals surface area contributed by atoms with Gasteiger partial charge in [-0.3, -0.25) is 0 Å². The quantitative estimate of drug-likeness (QED) is 0.164. The van der Waals surface area contributed by atoms with Gasteiger partial charge in [0.2, 0.25) is 0 Å². The molecule has 4 heterocycles. The van der Waals surface area contributed by atoms with Crippen LogP contribution in [0.4, 0.5) is 38.0 Å². The van der Waals surface area contributed by atoms with Crippen LogP contribution in [-0.4, -0.2) is 92.8 Å². The number of nitrogens with one attached hydrogen (secondary N) is 2. The molecule has 2 aliphatic heterocycles. The second-order valence-electron chi connectivity index (χ2n) is 12.8. The van der Waals surface area contributed by atoms with E-state index in [1.54, 1.807) is 24.3 Å². The lowest BCUT2D eigenvalue weighted by atomic mass is 10.0. The molecule has 0 amide bonds. The monoisotopic (exact) mass is 704 g/mol. The first kappa shape index (κ1) is 36.6. The fourth-order valence-electron chi connectivity index (χ4n) is 6.14. The molecular weight excluding hydrogens is 666 g/mol. The highest BCUT2D eigenvalue weighted by atomic mass is 19.4. The zero-order valence-electron chi connectivity index (χ0n) is 27.9. The Morgan fingerprint density at radius 3 is 1.26 bits per heavy atom. The average molecular weight is 705 g/mol. The van der Waals surface area contributed by atoms with E-state index in [1.165, 1.54) is 13.8 Å². The van der Waals surface area contributed by atoms with Crippen LogP contribution in [-0.2, 0) is 12.4 Å². The standard InChI is InChI=1S/2C17H19F3N4O/c2*1-10-7-11(17(18,19)20)8-14(25)16(10)13-3-4-15(23-22-13)21-12-5-6-24(2)9-12/h2*3-4,7-8,12,25H,5-6,9H2,1-2H3,(H,21,23)/t12-;/m0./s1. The van der Waals surface area contributed by atoms with Crippen LogP contribution in [0.15, 0.2) is 48.5 Å². The first-order valence-electron chi connectivity index (χ1n) is 15.9. The summed E-state index contributed by atoms with van der Waals surface area (Å²) in [6.07, 6.45) is -6.99. The van der Waals surface area contributed by atoms with E-state index in [0.717, 1.165) is 51.2 Å². The molecule has 6 rings (SSSR count). The van der Waals surface area contributed by atoms with Crippen molar-refractivity contribution in [2.45, 2.75) is 51.1 Å². The number of anilines is 2. The summed E-state index contributed by atoms with van der Waals surface area (Å²) in [7, 11) is 4.10. The molecule has 0 bridgehead atoms. The van der Waals surface area contributed by atoms with E-state index in [1.807, 2.05) is 14.1 Å². The molecule has 0 radical (unpaired) electrons. The second kappa shape index (κ2) is 14.6. The summed E-state index contributed by atoms with van der Waals surface area (Å²) in [4.78, 5) is 4.42. The van der Waals surface area contributed by atoms with Gasteiger partial charge in [0.15, 0.2) is 0 Å². The Morgan fingerprint density at radius 2 is 1.00 bits per heavy atom. The van der Waals surface area contributed by atoms with Gasteiger partial charge >= 0.3 is 12.4 Å². The molecule has 268 valence electrons. The van der Waals surface area contributed by atoms with Crippen molar-refractivity contribution in [1.82, 2.24) is 30.2 Å². The smallest absolute Gasteiger partial charge is 0.416 e. The Balaban J connectivity index is 0.000000194. The highest BCUT2D eigenvalue weighted by Crippen LogP contribution is 2.39. The van der Waals surface area contributed by atoms with Gasteiger partial charge in [-0.25, -0.2) is 0 Å². The van der Waals surface area contributed by atoms with Crippen LogP contribution < -0.4 is 10.6 Å². The van der Waals surface area contributed by atoms with Gasteiger partial charge in [-0.1, -0.05) is 0 Å². The van der Waals surface area contributed by atoms with E-state index < -0.39 is 35.0 Å². The zero-order chi connectivity index (χ0) is 36.4. The van der Waals surface area contributed by atoms with Crippen LogP contribution in [0.2, 0.25) is 0 Å². The van der Waals surface area contributed by atoms with Crippen molar-refractivity contribution >= 4 is 11.6 Å². The third-order valence-electron chi connectivity index (χ3n) is 8.61. The maximum Gasteiger partial charge on any atom is 0.416 e. The van der Waals surface area contributed by atoms with Gasteiger partial charge in [0, 0.05) is 36.3 Å². The number of rotatable bonds is 6. The zero-order valence-corrected chi connectivity index (χ0v) is 27.9. The molecule has 2 atom stereocenters. The summed E-state index contributed by atoms with van der Waals surface area (Å²) in [5.41, 5.74) is -0.0128. The first-order valence-corrected chi connectivity index (χ1v) is 15.9. The molecule has 2 aromatic carbocycles. The van der Waals surface area contributed by atoms with E-state index in [4.69, 9.17) is 0 Å². The number of hydrogen-bond acceptors (Lipinski definition) is 10. The van der Waals surface area contributed by atoms with Crippen LogP contribution in [0.5, 0.6) is 11.5 Å². The van der Waals surface area contributed by atoms with Gasteiger partial charge in [-0.15, -0.1) is 20.4 Å². The van der Waals surface area contributed by atoms with Crippen molar-refractivity contribution in [1.29, 1.82) is 0 Å². The van der Waals surface area contributed by atoms with Gasteiger partial charge < -0.3 is 30.6 Å². The number of alkyl halides is 6. The SMILES string of the molecule is Cc1cc(C(F)(F)F)cc(O)c1-c1ccc(NC2CCN(C)C2)nn1.Cc1cc(C(F)(F)F)cc(O)c1-c1ccc(N[C@H]2CCN(C)C2)nn1. The third kappa shape index (κ3) is 8.90. The fourth-order valence-corrected chi connectivity index (χ4v) is 6.14. The summed E-state index contributed by atoms with van der Waals surface area (Å²) >= 11 is 0. The maximum atomic E-state index is 12.8. The number of aromatic nitrogens is 4. The third-order valence-corrected chi connectivity index (χ3v) is 8.61. The van der Waals surface area contributed by atoms with Crippen molar-refractivity contribution in [3.05, 3.63) is 70.8 Å². The van der Waals surface area contributed by atoms with Gasteiger partial charge in [0.05, 0.1) is 22.5 Å². The summed E-state index contributed by atoms with van der Waals surface area (Å²) in [6.45, 7) is 6.88. The molecule has 2 aromatic heterocycles. The Bertz CT molecular complexity index is 1610. The number of phenolic OH excluding ortho intramolecular Hbond substituents is 2. The Kier molecular flexibility index (Phi) is 10.7. The molecule has 2 saturated heterocycles. The summed E-state index contributed by atoms with van der Waals surface area (Å²) in [5, 5.41) is 42.9. The van der Waals surface area contributed by atoms with Crippen LogP contribution in [0.1, 0.15) is 35.1 Å². The van der Waals surface area contributed by atoms with E-state index in [-0.39, 0.29) is 11.1 Å². The van der Waals surface area contributed by atoms with Crippen molar-refractivity contribution in [2.24, 2.45) is 0 Å². The summed E-state index contributed by atoms with van der Waals surface area (Å²) in [5.74, 6) is 0.292. The van der Waals surface area contributed by atoms with E-state index in [0.29, 0.717) is 58.4 Å². The largest absolute Gasteiger partial charge is 0.507 e. The first-order chi connectivity index (χ1) is 23.5. The predicted octanol–water partition coefficient (Wildman–Crippen LogP) is 6.58. The van der Waals surface area contributed by atoms with Crippen LogP contribution >= 0.6 is 0 Å². The number of nitrogens with zero attached hydrogens (tertiary/aromatic N) is 6. The van der Waals surface area contributed by atoms with Crippen LogP contribution in [0, 0.1) is 13.8 Å². The summed E-state index contributed by atoms with van der Waals surface area (Å²) < 4.78 is 76.8. The van der Waals surface area contributed by atoms with Crippen molar-refractivity contribution in [3.8, 4) is 34.0 Å². The van der Waals surface area contributed by atoms with E-state index in [2.05, 4.69) is 40.8 Å². The fraction of sp³-hybridized carbons (Fsp3) is 0.412. The number of hydrogen-bond donors (Lipinski definition) is 4. The minimum absolute atomic E-state index is 0.257. The second-order valence-corrected chi connectivity index (χ2v) is 12.8. The molecule has 4 aromatic rings. The molecule has 1 unspecified atom stereocenters. The molecule has 4 N–H and O–H groups in total. The molecule has 0 aliphatic carbocycles. The highest BCUT2D eigenvalue weighted by Gasteiger charge is 2.33. The maximum absolute atomic E-state index is 12.8. The summed E-state index contributed by atoms with van der Waals surface area (Å²) in [6, 6.07) is 10.7. The highest BCUT2D eigenvalue weighted by molar-refractivity contribution is 5.72. The molecule has 2 fully saturated rings. The van der Waals surface area contributed by atoms with Crippen LogP contribution in [0.3, 0.4) is 0 Å². The molecule has 16 heteroatoms. The van der Waals surface area contributed by atoms with E-state index >= 15 is 0 Å². The van der Waals surface area contributed by atoms with Crippen molar-refractivity contribution in [3.63, 3.8) is 0 Å². The minimum atomic E-state index is -4.51. The van der Waals surface area contributed by atoms with Gasteiger partial charge in [-0.2, -0.15) is 26.3 Å². The number of aryl methyl sites for hydroxylation is 2. The van der Waals surface area contributed by atoms with Crippen LogP contribution in [0.25, 0.3) is 22.5 Å². The molecule has 50 heavy (non-hydrogen) atoms. The molecular formula is C34H38F6N8O2. The number of likely N-dealkylation sites (N-methyl/N-ethyl adjacent to an activating group) is 2. The number of likely N-dealkylation sites (tertiary alicyclic amines) is 2. The average Bonchev–Trinajstić information content (AvgIpc) is 3.64. The lowest BCUT2D eigenvalue weighted by Crippen LogP contribution is -2.24. The number of phenols is 2. The Labute approximate surface area is 285 Å². The van der Waals surface area contributed by atoms with E-state index in [9.17, 15) is 36.6 Å². The molecule has 2 aliphatic rings. The van der Waals surface area contributed by atoms with Gasteiger partial charge in [-0.05, 0) is 114 Å². The Morgan fingerprint density at radius 1 is 0.620 bits per heavy atom. The predicted molar refractivity (Wildman–Crippen MR) is 177 cm³/mol. The molecule has 10 nitrogen and oxygen atoms in total.